The molecule has 0 aliphatic heterocycles. The summed E-state index contributed by atoms with van der Waals surface area (Å²) in [4.78, 5) is 2.40. The molecule has 3 heteroatoms. The molecule has 0 amide bonds. The van der Waals surface area contributed by atoms with E-state index in [0.717, 1.165) is 33.6 Å². The summed E-state index contributed by atoms with van der Waals surface area (Å²) in [6.45, 7) is 4.70. The third-order valence-electron chi connectivity index (χ3n) is 11.0. The summed E-state index contributed by atoms with van der Waals surface area (Å²) in [6, 6.07) is 55.5. The number of hydrogen-bond acceptors (Lipinski definition) is 3. The van der Waals surface area contributed by atoms with Crippen LogP contribution in [0.4, 0.5) is 17.1 Å². The molecule has 0 saturated heterocycles. The molecular formula is C47H31NOS. The zero-order chi connectivity index (χ0) is 33.1. The second kappa shape index (κ2) is 10.1. The highest BCUT2D eigenvalue weighted by Gasteiger charge is 2.36. The van der Waals surface area contributed by atoms with Crippen LogP contribution in [0.5, 0.6) is 0 Å². The van der Waals surface area contributed by atoms with Gasteiger partial charge in [-0.05, 0) is 74.8 Å². The minimum absolute atomic E-state index is 0.118. The van der Waals surface area contributed by atoms with E-state index in [1.54, 1.807) is 0 Å². The molecular weight excluding hydrogens is 627 g/mol. The van der Waals surface area contributed by atoms with Gasteiger partial charge in [-0.25, -0.2) is 0 Å². The molecule has 0 saturated carbocycles. The van der Waals surface area contributed by atoms with Crippen molar-refractivity contribution in [3.8, 4) is 11.1 Å². The summed E-state index contributed by atoms with van der Waals surface area (Å²) >= 11 is 1.86. The summed E-state index contributed by atoms with van der Waals surface area (Å²) in [5.74, 6) is 0. The fraction of sp³-hybridized carbons (Fsp3) is 0.0638. The Morgan fingerprint density at radius 2 is 1.18 bits per heavy atom. The van der Waals surface area contributed by atoms with Crippen molar-refractivity contribution in [2.45, 2.75) is 19.3 Å². The first kappa shape index (κ1) is 28.0. The third-order valence-corrected chi connectivity index (χ3v) is 12.2. The number of rotatable bonds is 3. The van der Waals surface area contributed by atoms with E-state index in [1.165, 1.54) is 69.4 Å². The number of nitrogens with zero attached hydrogens (tertiary/aromatic N) is 1. The van der Waals surface area contributed by atoms with Crippen LogP contribution in [0.2, 0.25) is 0 Å². The summed E-state index contributed by atoms with van der Waals surface area (Å²) < 4.78 is 9.79. The number of anilines is 3. The van der Waals surface area contributed by atoms with Crippen LogP contribution in [0, 0.1) is 0 Å². The van der Waals surface area contributed by atoms with E-state index in [2.05, 4.69) is 170 Å². The Balaban J connectivity index is 1.24. The predicted octanol–water partition coefficient (Wildman–Crippen LogP) is 14.0. The number of para-hydroxylation sites is 1. The lowest BCUT2D eigenvalue weighted by Crippen LogP contribution is -2.16. The fourth-order valence-electron chi connectivity index (χ4n) is 8.66. The van der Waals surface area contributed by atoms with Crippen LogP contribution >= 0.6 is 11.3 Å². The maximum atomic E-state index is 7.23. The Labute approximate surface area is 293 Å². The van der Waals surface area contributed by atoms with Crippen molar-refractivity contribution >= 4 is 92.1 Å². The van der Waals surface area contributed by atoms with Gasteiger partial charge in [0.1, 0.15) is 5.58 Å². The molecule has 0 unspecified atom stereocenters. The largest absolute Gasteiger partial charge is 0.453 e. The number of furan rings is 1. The van der Waals surface area contributed by atoms with Gasteiger partial charge >= 0.3 is 0 Å². The summed E-state index contributed by atoms with van der Waals surface area (Å²) in [6.07, 6.45) is 0. The molecule has 50 heavy (non-hydrogen) atoms. The van der Waals surface area contributed by atoms with Gasteiger partial charge in [-0.15, -0.1) is 11.3 Å². The second-order valence-electron chi connectivity index (χ2n) is 14.1. The Morgan fingerprint density at radius 1 is 0.500 bits per heavy atom. The molecule has 0 radical (unpaired) electrons. The quantitative estimate of drug-likeness (QED) is 0.188. The lowest BCUT2D eigenvalue weighted by Gasteiger charge is -2.28. The molecule has 236 valence electrons. The molecule has 0 spiro atoms. The molecule has 0 atom stereocenters. The molecule has 2 aromatic heterocycles. The smallest absolute Gasteiger partial charge is 0.159 e. The van der Waals surface area contributed by atoms with Gasteiger partial charge in [0.15, 0.2) is 5.58 Å². The average Bonchev–Trinajstić information content (AvgIpc) is 3.81. The maximum absolute atomic E-state index is 7.23. The monoisotopic (exact) mass is 657 g/mol. The van der Waals surface area contributed by atoms with Crippen molar-refractivity contribution in [1.29, 1.82) is 0 Å². The van der Waals surface area contributed by atoms with E-state index in [9.17, 15) is 0 Å². The van der Waals surface area contributed by atoms with Crippen LogP contribution < -0.4 is 4.90 Å². The molecule has 1 aliphatic rings. The summed E-state index contributed by atoms with van der Waals surface area (Å²) in [7, 11) is 0. The van der Waals surface area contributed by atoms with Crippen molar-refractivity contribution in [3.63, 3.8) is 0 Å². The van der Waals surface area contributed by atoms with Gasteiger partial charge in [-0.2, -0.15) is 0 Å². The first-order valence-corrected chi connectivity index (χ1v) is 18.1. The summed E-state index contributed by atoms with van der Waals surface area (Å²) in [5.41, 5.74) is 10.3. The van der Waals surface area contributed by atoms with Crippen molar-refractivity contribution in [3.05, 3.63) is 163 Å². The molecule has 11 rings (SSSR count). The van der Waals surface area contributed by atoms with Crippen LogP contribution in [-0.4, -0.2) is 0 Å². The lowest BCUT2D eigenvalue weighted by molar-refractivity contribution is 0.660. The Kier molecular flexibility index (Phi) is 5.64. The number of fused-ring (bicyclic) bond motifs is 14. The molecule has 2 nitrogen and oxygen atoms in total. The van der Waals surface area contributed by atoms with E-state index in [0.29, 0.717) is 0 Å². The fourth-order valence-corrected chi connectivity index (χ4v) is 9.90. The van der Waals surface area contributed by atoms with Crippen LogP contribution in [-0.2, 0) is 5.41 Å². The van der Waals surface area contributed by atoms with Crippen molar-refractivity contribution in [2.24, 2.45) is 0 Å². The van der Waals surface area contributed by atoms with Gasteiger partial charge in [0.25, 0.3) is 0 Å². The van der Waals surface area contributed by atoms with Gasteiger partial charge < -0.3 is 9.32 Å². The normalized spacial score (nSPS) is 13.6. The van der Waals surface area contributed by atoms with Crippen LogP contribution in [0.3, 0.4) is 0 Å². The van der Waals surface area contributed by atoms with Crippen LogP contribution in [0.1, 0.15) is 25.0 Å². The van der Waals surface area contributed by atoms with Gasteiger partial charge in [-0.3, -0.25) is 0 Å². The summed E-state index contributed by atoms with van der Waals surface area (Å²) in [5, 5.41) is 9.69. The van der Waals surface area contributed by atoms with Gasteiger partial charge in [-0.1, -0.05) is 129 Å². The SMILES string of the molecule is CC1(C)c2ccccc2-c2ccc(N(c3ccc4ccccc4c3)c3cccc4c3oc3c4c4ccccc4c4sc5ccccc5c34)cc21. The van der Waals surface area contributed by atoms with E-state index in [1.807, 2.05) is 11.3 Å². The average molecular weight is 658 g/mol. The predicted molar refractivity (Wildman–Crippen MR) is 214 cm³/mol. The Hall–Kier alpha value is -5.90. The van der Waals surface area contributed by atoms with Crippen LogP contribution in [0.15, 0.2) is 156 Å². The highest BCUT2D eigenvalue weighted by Crippen LogP contribution is 2.53. The van der Waals surface area contributed by atoms with Crippen molar-refractivity contribution in [1.82, 2.24) is 0 Å². The van der Waals surface area contributed by atoms with Crippen LogP contribution in [0.25, 0.3) is 74.8 Å². The Bertz CT molecular complexity index is 3030. The lowest BCUT2D eigenvalue weighted by atomic mass is 9.82. The van der Waals surface area contributed by atoms with Gasteiger partial charge in [0.05, 0.1) is 5.69 Å². The molecule has 10 aromatic rings. The minimum atomic E-state index is -0.118. The molecule has 1 aliphatic carbocycles. The maximum Gasteiger partial charge on any atom is 0.159 e. The standard InChI is InChI=1S/C47H31NOS/c1-47(2)38-19-9-7-14-32(38)33-25-24-31(27-39(33)47)48(30-23-22-28-12-3-4-13-29(28)26-30)40-20-11-18-37-42-34-15-5-6-16-35(34)46-43(45(42)49-44(37)40)36-17-8-10-21-41(36)50-46/h3-27H,1-2H3. The van der Waals surface area contributed by atoms with E-state index < -0.39 is 0 Å². The highest BCUT2D eigenvalue weighted by molar-refractivity contribution is 7.27. The first-order valence-electron chi connectivity index (χ1n) is 17.3. The number of benzene rings is 8. The zero-order valence-corrected chi connectivity index (χ0v) is 28.5. The molecule has 8 aromatic carbocycles. The van der Waals surface area contributed by atoms with E-state index in [-0.39, 0.29) is 5.41 Å². The topological polar surface area (TPSA) is 16.4 Å². The van der Waals surface area contributed by atoms with E-state index >= 15 is 0 Å². The molecule has 0 fully saturated rings. The van der Waals surface area contributed by atoms with Gasteiger partial charge in [0.2, 0.25) is 0 Å². The van der Waals surface area contributed by atoms with E-state index in [4.69, 9.17) is 4.42 Å². The third kappa shape index (κ3) is 3.73. The number of thiophene rings is 1. The second-order valence-corrected chi connectivity index (χ2v) is 15.1. The van der Waals surface area contributed by atoms with Crippen molar-refractivity contribution < 1.29 is 4.42 Å². The van der Waals surface area contributed by atoms with Crippen molar-refractivity contribution in [2.75, 3.05) is 4.90 Å². The molecule has 0 bridgehead atoms. The minimum Gasteiger partial charge on any atom is -0.453 e. The zero-order valence-electron chi connectivity index (χ0n) is 27.7. The highest BCUT2D eigenvalue weighted by atomic mass is 32.1. The molecule has 2 heterocycles. The Morgan fingerprint density at radius 3 is 2.08 bits per heavy atom. The van der Waals surface area contributed by atoms with Gasteiger partial charge in [0, 0.05) is 53.1 Å². The molecule has 0 N–H and O–H groups in total. The number of hydrogen-bond donors (Lipinski definition) is 0. The first-order chi connectivity index (χ1) is 24.6.